The number of alkyl halides is 2. The zero-order valence-corrected chi connectivity index (χ0v) is 19.9. The van der Waals surface area contributed by atoms with Crippen LogP contribution in [0.3, 0.4) is 0 Å². The van der Waals surface area contributed by atoms with Gasteiger partial charge in [-0.05, 0) is 66.7 Å². The standard InChI is InChI=1S/C27H32F3N5/c1-18(31)21(16-33-15-20-7-8-20)12-24(13-25(32)27(29)30)35-26-10-9-23(28)11-22(26)17-34-14-19-5-3-2-4-6-19/h2-6,9-11,13,16,20,27,34H,7-8,12,14-15,17,31-32H2,1H3. The quantitative estimate of drug-likeness (QED) is 0.353. The van der Waals surface area contributed by atoms with E-state index in [9.17, 15) is 13.2 Å². The van der Waals surface area contributed by atoms with Gasteiger partial charge < -0.3 is 16.8 Å². The van der Waals surface area contributed by atoms with E-state index in [-0.39, 0.29) is 12.1 Å². The molecule has 0 heterocycles. The van der Waals surface area contributed by atoms with Gasteiger partial charge >= 0.3 is 0 Å². The van der Waals surface area contributed by atoms with Crippen LogP contribution in [0.2, 0.25) is 0 Å². The molecular weight excluding hydrogens is 451 g/mol. The number of nitrogens with zero attached hydrogens (tertiary/aromatic N) is 2. The molecule has 0 unspecified atom stereocenters. The summed E-state index contributed by atoms with van der Waals surface area (Å²) in [6.07, 6.45) is 2.53. The van der Waals surface area contributed by atoms with Crippen molar-refractivity contribution in [2.24, 2.45) is 27.4 Å². The van der Waals surface area contributed by atoms with E-state index in [1.54, 1.807) is 13.1 Å². The van der Waals surface area contributed by atoms with Gasteiger partial charge in [0.2, 0.25) is 0 Å². The second kappa shape index (κ2) is 12.9. The number of halogens is 3. The molecule has 1 fully saturated rings. The minimum atomic E-state index is -2.82. The van der Waals surface area contributed by atoms with E-state index in [1.165, 1.54) is 31.0 Å². The van der Waals surface area contributed by atoms with Gasteiger partial charge in [-0.15, -0.1) is 0 Å². The van der Waals surface area contributed by atoms with Gasteiger partial charge in [0.05, 0.1) is 11.4 Å². The van der Waals surface area contributed by atoms with Crippen molar-refractivity contribution in [1.82, 2.24) is 5.32 Å². The molecule has 0 amide bonds. The molecule has 1 aliphatic rings. The van der Waals surface area contributed by atoms with Crippen molar-refractivity contribution >= 4 is 17.6 Å². The van der Waals surface area contributed by atoms with Crippen LogP contribution in [0, 0.1) is 11.7 Å². The average Bonchev–Trinajstić information content (AvgIpc) is 3.65. The first kappa shape index (κ1) is 26.2. The van der Waals surface area contributed by atoms with Gasteiger partial charge in [-0.25, -0.2) is 13.2 Å². The average molecular weight is 484 g/mol. The molecule has 2 aromatic rings. The van der Waals surface area contributed by atoms with Crippen molar-refractivity contribution in [3.05, 3.63) is 88.5 Å². The van der Waals surface area contributed by atoms with E-state index in [2.05, 4.69) is 15.3 Å². The third kappa shape index (κ3) is 9.05. The molecule has 1 saturated carbocycles. The Labute approximate surface area is 204 Å². The minimum Gasteiger partial charge on any atom is -0.402 e. The molecule has 5 nitrogen and oxygen atoms in total. The van der Waals surface area contributed by atoms with Crippen molar-refractivity contribution < 1.29 is 13.2 Å². The summed E-state index contributed by atoms with van der Waals surface area (Å²) >= 11 is 0. The SMILES string of the molecule is CC(N)=C(C=NCC1CC1)CC(C=C(N)C(F)F)=Nc1ccc(F)cc1CNCc1ccccc1. The highest BCUT2D eigenvalue weighted by molar-refractivity contribution is 6.02. The number of rotatable bonds is 12. The van der Waals surface area contributed by atoms with Crippen LogP contribution in [0.25, 0.3) is 0 Å². The highest BCUT2D eigenvalue weighted by atomic mass is 19.3. The van der Waals surface area contributed by atoms with Crippen molar-refractivity contribution in [1.29, 1.82) is 0 Å². The fraction of sp³-hybridized carbons (Fsp3) is 0.333. The van der Waals surface area contributed by atoms with Gasteiger partial charge in [0.1, 0.15) is 5.82 Å². The minimum absolute atomic E-state index is 0.165. The Hall–Kier alpha value is -3.39. The Kier molecular flexibility index (Phi) is 9.66. The molecule has 0 spiro atoms. The van der Waals surface area contributed by atoms with Crippen molar-refractivity contribution in [2.75, 3.05) is 6.54 Å². The zero-order valence-electron chi connectivity index (χ0n) is 19.9. The van der Waals surface area contributed by atoms with Gasteiger partial charge in [0.25, 0.3) is 6.43 Å². The molecule has 0 aliphatic heterocycles. The molecule has 5 N–H and O–H groups in total. The Morgan fingerprint density at radius 3 is 2.51 bits per heavy atom. The van der Waals surface area contributed by atoms with Gasteiger partial charge in [0, 0.05) is 43.7 Å². The maximum atomic E-state index is 14.0. The molecule has 0 bridgehead atoms. The molecule has 8 heteroatoms. The number of aliphatic imine (C=N–C) groups is 2. The second-order valence-corrected chi connectivity index (χ2v) is 8.73. The predicted molar refractivity (Wildman–Crippen MR) is 136 cm³/mol. The van der Waals surface area contributed by atoms with Crippen LogP contribution in [0.1, 0.15) is 37.3 Å². The van der Waals surface area contributed by atoms with E-state index in [4.69, 9.17) is 11.5 Å². The van der Waals surface area contributed by atoms with Crippen LogP contribution in [-0.4, -0.2) is 24.9 Å². The van der Waals surface area contributed by atoms with Crippen molar-refractivity contribution in [3.63, 3.8) is 0 Å². The molecule has 3 rings (SSSR count). The van der Waals surface area contributed by atoms with Gasteiger partial charge in [-0.3, -0.25) is 9.98 Å². The molecule has 0 atom stereocenters. The maximum absolute atomic E-state index is 14.0. The summed E-state index contributed by atoms with van der Waals surface area (Å²) in [5.41, 5.74) is 14.6. The van der Waals surface area contributed by atoms with Crippen LogP contribution in [0.4, 0.5) is 18.9 Å². The smallest absolute Gasteiger partial charge is 0.277 e. The number of hydrogen-bond donors (Lipinski definition) is 3. The molecule has 35 heavy (non-hydrogen) atoms. The van der Waals surface area contributed by atoms with Crippen LogP contribution in [0.5, 0.6) is 0 Å². The predicted octanol–water partition coefficient (Wildman–Crippen LogP) is 5.40. The van der Waals surface area contributed by atoms with E-state index in [0.717, 1.165) is 11.6 Å². The summed E-state index contributed by atoms with van der Waals surface area (Å²) in [4.78, 5) is 9.04. The van der Waals surface area contributed by atoms with Crippen LogP contribution in [-0.2, 0) is 13.1 Å². The van der Waals surface area contributed by atoms with Crippen LogP contribution < -0.4 is 16.8 Å². The molecule has 0 radical (unpaired) electrons. The van der Waals surface area contributed by atoms with Crippen LogP contribution >= 0.6 is 0 Å². The van der Waals surface area contributed by atoms with E-state index >= 15 is 0 Å². The second-order valence-electron chi connectivity index (χ2n) is 8.73. The molecular formula is C27H32F3N5. The van der Waals surface area contributed by atoms with E-state index in [0.29, 0.717) is 48.1 Å². The Balaban J connectivity index is 1.86. The Morgan fingerprint density at radius 1 is 1.11 bits per heavy atom. The van der Waals surface area contributed by atoms with Gasteiger partial charge in [-0.1, -0.05) is 30.3 Å². The largest absolute Gasteiger partial charge is 0.402 e. The summed E-state index contributed by atoms with van der Waals surface area (Å²) in [7, 11) is 0. The molecule has 186 valence electrons. The van der Waals surface area contributed by atoms with E-state index < -0.39 is 17.9 Å². The maximum Gasteiger partial charge on any atom is 0.277 e. The van der Waals surface area contributed by atoms with E-state index in [1.807, 2.05) is 30.3 Å². The lowest BCUT2D eigenvalue weighted by Gasteiger charge is -2.11. The lowest BCUT2D eigenvalue weighted by atomic mass is 10.1. The lowest BCUT2D eigenvalue weighted by Crippen LogP contribution is -2.14. The lowest BCUT2D eigenvalue weighted by molar-refractivity contribution is 0.188. The Bertz CT molecular complexity index is 1100. The van der Waals surface area contributed by atoms with Gasteiger partial charge in [0.15, 0.2) is 0 Å². The van der Waals surface area contributed by atoms with Crippen molar-refractivity contribution in [3.8, 4) is 0 Å². The normalized spacial score (nSPS) is 15.7. The molecule has 1 aliphatic carbocycles. The third-order valence-corrected chi connectivity index (χ3v) is 5.56. The fourth-order valence-electron chi connectivity index (χ4n) is 3.37. The Morgan fingerprint density at radius 2 is 1.86 bits per heavy atom. The first-order chi connectivity index (χ1) is 16.8. The summed E-state index contributed by atoms with van der Waals surface area (Å²) in [6.45, 7) is 3.37. The first-order valence-electron chi connectivity index (χ1n) is 11.6. The summed E-state index contributed by atoms with van der Waals surface area (Å²) < 4.78 is 40.4. The topological polar surface area (TPSA) is 88.8 Å². The summed E-state index contributed by atoms with van der Waals surface area (Å²) in [6, 6.07) is 14.0. The summed E-state index contributed by atoms with van der Waals surface area (Å²) in [5, 5.41) is 3.27. The zero-order chi connectivity index (χ0) is 25.2. The number of hydrogen-bond acceptors (Lipinski definition) is 5. The highest BCUT2D eigenvalue weighted by Gasteiger charge is 2.20. The number of nitrogens with two attached hydrogens (primary N) is 2. The molecule has 2 aromatic carbocycles. The molecule has 0 saturated heterocycles. The van der Waals surface area contributed by atoms with Gasteiger partial charge in [-0.2, -0.15) is 0 Å². The number of benzene rings is 2. The summed E-state index contributed by atoms with van der Waals surface area (Å²) in [5.74, 6) is 0.202. The highest BCUT2D eigenvalue weighted by Crippen LogP contribution is 2.29. The monoisotopic (exact) mass is 483 g/mol. The first-order valence-corrected chi connectivity index (χ1v) is 11.6. The number of nitrogens with one attached hydrogen (secondary N) is 1. The molecule has 0 aromatic heterocycles. The number of allylic oxidation sites excluding steroid dienone is 4. The third-order valence-electron chi connectivity index (χ3n) is 5.56. The van der Waals surface area contributed by atoms with Crippen LogP contribution in [0.15, 0.2) is 81.6 Å². The van der Waals surface area contributed by atoms with Crippen molar-refractivity contribution in [2.45, 2.75) is 45.7 Å². The fourth-order valence-corrected chi connectivity index (χ4v) is 3.37.